The van der Waals surface area contributed by atoms with Crippen molar-refractivity contribution >= 4 is 18.1 Å². The van der Waals surface area contributed by atoms with E-state index in [-0.39, 0.29) is 5.91 Å². The van der Waals surface area contributed by atoms with Crippen LogP contribution in [0.2, 0.25) is 0 Å². The molecular weight excluding hydrogens is 266 g/mol. The minimum absolute atomic E-state index is 0.296. The van der Waals surface area contributed by atoms with Crippen molar-refractivity contribution in [3.05, 3.63) is 10.6 Å². The van der Waals surface area contributed by atoms with Crippen molar-refractivity contribution in [3.63, 3.8) is 0 Å². The van der Waals surface area contributed by atoms with E-state index in [0.29, 0.717) is 17.6 Å². The van der Waals surface area contributed by atoms with Crippen molar-refractivity contribution in [1.29, 1.82) is 0 Å². The third-order valence-corrected chi connectivity index (χ3v) is 3.78. The Morgan fingerprint density at radius 2 is 2.21 bits per heavy atom. The van der Waals surface area contributed by atoms with Gasteiger partial charge in [-0.05, 0) is 12.2 Å². The van der Waals surface area contributed by atoms with Crippen molar-refractivity contribution in [2.45, 2.75) is 19.5 Å². The highest BCUT2D eigenvalue weighted by molar-refractivity contribution is 7.71. The minimum atomic E-state index is -0.320. The van der Waals surface area contributed by atoms with Gasteiger partial charge in [-0.2, -0.15) is 9.78 Å². The van der Waals surface area contributed by atoms with Gasteiger partial charge in [-0.25, -0.2) is 0 Å². The lowest BCUT2D eigenvalue weighted by Gasteiger charge is -2.23. The van der Waals surface area contributed by atoms with Gasteiger partial charge in [0.2, 0.25) is 10.7 Å². The summed E-state index contributed by atoms with van der Waals surface area (Å²) in [7, 11) is 1.87. The number of nitrogens with two attached hydrogens (primary N) is 1. The van der Waals surface area contributed by atoms with Crippen LogP contribution in [0.4, 0.5) is 0 Å². The molecule has 0 saturated carbocycles. The van der Waals surface area contributed by atoms with Crippen LogP contribution < -0.4 is 10.6 Å². The standard InChI is InChI=1S/C11H19N5O2S/c1-14-10(3-2-9(12)17)13-16(11(14)19)8-15-4-6-18-7-5-15/h2-8H2,1H3,(H2,12,17)/p+1. The Hall–Kier alpha value is -1.25. The van der Waals surface area contributed by atoms with Crippen LogP contribution in [-0.4, -0.2) is 46.6 Å². The molecule has 1 aliphatic rings. The number of aromatic nitrogens is 3. The molecule has 1 aliphatic heterocycles. The molecule has 0 aromatic carbocycles. The highest BCUT2D eigenvalue weighted by Crippen LogP contribution is 2.01. The molecule has 1 aromatic rings. The molecule has 7 nitrogen and oxygen atoms in total. The lowest BCUT2D eigenvalue weighted by Crippen LogP contribution is -3.13. The second kappa shape index (κ2) is 6.27. The number of amides is 1. The Morgan fingerprint density at radius 3 is 2.84 bits per heavy atom. The Kier molecular flexibility index (Phi) is 4.67. The van der Waals surface area contributed by atoms with E-state index in [1.807, 2.05) is 16.3 Å². The molecule has 2 heterocycles. The van der Waals surface area contributed by atoms with E-state index < -0.39 is 0 Å². The largest absolute Gasteiger partial charge is 0.370 e. The molecule has 19 heavy (non-hydrogen) atoms. The van der Waals surface area contributed by atoms with Gasteiger partial charge in [-0.1, -0.05) is 0 Å². The van der Waals surface area contributed by atoms with Gasteiger partial charge in [0.15, 0.2) is 6.67 Å². The number of ether oxygens (including phenoxy) is 1. The minimum Gasteiger partial charge on any atom is -0.370 e. The first-order valence-corrected chi connectivity index (χ1v) is 6.81. The number of aryl methyl sites for hydroxylation is 1. The molecule has 106 valence electrons. The molecule has 8 heteroatoms. The molecule has 1 aromatic heterocycles. The van der Waals surface area contributed by atoms with Gasteiger partial charge < -0.3 is 19.9 Å². The van der Waals surface area contributed by atoms with Crippen LogP contribution in [0, 0.1) is 4.77 Å². The summed E-state index contributed by atoms with van der Waals surface area (Å²) >= 11 is 5.37. The van der Waals surface area contributed by atoms with E-state index in [9.17, 15) is 4.79 Å². The number of nitrogens with one attached hydrogen (secondary N) is 1. The second-order valence-electron chi connectivity index (χ2n) is 4.74. The van der Waals surface area contributed by atoms with Crippen molar-refractivity contribution in [1.82, 2.24) is 14.3 Å². The summed E-state index contributed by atoms with van der Waals surface area (Å²) in [5.41, 5.74) is 5.16. The lowest BCUT2D eigenvalue weighted by molar-refractivity contribution is -0.930. The maximum atomic E-state index is 10.8. The van der Waals surface area contributed by atoms with Crippen molar-refractivity contribution in [3.8, 4) is 0 Å². The van der Waals surface area contributed by atoms with E-state index in [1.54, 1.807) is 0 Å². The summed E-state index contributed by atoms with van der Waals surface area (Å²) in [5, 5.41) is 4.48. The fraction of sp³-hybridized carbons (Fsp3) is 0.727. The van der Waals surface area contributed by atoms with Gasteiger partial charge in [0.25, 0.3) is 0 Å². The van der Waals surface area contributed by atoms with Gasteiger partial charge in [-0.3, -0.25) is 4.79 Å². The van der Waals surface area contributed by atoms with Crippen LogP contribution in [0.1, 0.15) is 12.2 Å². The SMILES string of the molecule is Cn1c(CCC(N)=O)nn(C[NH+]2CCOCC2)c1=S. The summed E-state index contributed by atoms with van der Waals surface area (Å²) in [4.78, 5) is 12.2. The summed E-state index contributed by atoms with van der Waals surface area (Å²) in [5.74, 6) is 0.482. The number of rotatable bonds is 5. The maximum absolute atomic E-state index is 10.8. The average Bonchev–Trinajstić information content (AvgIpc) is 2.66. The number of quaternary nitrogens is 1. The second-order valence-corrected chi connectivity index (χ2v) is 5.11. The normalized spacial score (nSPS) is 16.7. The molecule has 0 unspecified atom stereocenters. The zero-order chi connectivity index (χ0) is 13.8. The molecule has 0 bridgehead atoms. The number of carbonyl (C=O) groups is 1. The average molecular weight is 286 g/mol. The predicted molar refractivity (Wildman–Crippen MR) is 71.1 cm³/mol. The third kappa shape index (κ3) is 3.62. The van der Waals surface area contributed by atoms with Crippen molar-refractivity contribution in [2.24, 2.45) is 12.8 Å². The van der Waals surface area contributed by atoms with Gasteiger partial charge in [0, 0.05) is 19.9 Å². The summed E-state index contributed by atoms with van der Waals surface area (Å²) in [6.45, 7) is 4.24. The summed E-state index contributed by atoms with van der Waals surface area (Å²) < 4.78 is 9.68. The molecule has 2 rings (SSSR count). The van der Waals surface area contributed by atoms with Crippen LogP contribution in [0.3, 0.4) is 0 Å². The first-order valence-electron chi connectivity index (χ1n) is 6.40. The molecule has 0 aliphatic carbocycles. The number of primary amides is 1. The van der Waals surface area contributed by atoms with Crippen LogP contribution in [-0.2, 0) is 29.7 Å². The van der Waals surface area contributed by atoms with Gasteiger partial charge in [0.05, 0.1) is 13.2 Å². The van der Waals surface area contributed by atoms with E-state index in [4.69, 9.17) is 22.7 Å². The smallest absolute Gasteiger partial charge is 0.217 e. The van der Waals surface area contributed by atoms with Crippen LogP contribution in [0.5, 0.6) is 0 Å². The quantitative estimate of drug-likeness (QED) is 0.629. The molecule has 0 radical (unpaired) electrons. The first-order chi connectivity index (χ1) is 9.08. The van der Waals surface area contributed by atoms with Crippen molar-refractivity contribution in [2.75, 3.05) is 26.3 Å². The Morgan fingerprint density at radius 1 is 1.53 bits per heavy atom. The fourth-order valence-corrected chi connectivity index (χ4v) is 2.33. The lowest BCUT2D eigenvalue weighted by atomic mass is 10.3. The number of hydrogen-bond acceptors (Lipinski definition) is 4. The molecule has 1 fully saturated rings. The molecule has 1 saturated heterocycles. The Labute approximate surface area is 116 Å². The highest BCUT2D eigenvalue weighted by Gasteiger charge is 2.17. The van der Waals surface area contributed by atoms with E-state index in [1.165, 1.54) is 4.90 Å². The molecule has 1 amide bonds. The van der Waals surface area contributed by atoms with Gasteiger partial charge >= 0.3 is 0 Å². The third-order valence-electron chi connectivity index (χ3n) is 3.30. The number of hydrogen-bond donors (Lipinski definition) is 2. The highest BCUT2D eigenvalue weighted by atomic mass is 32.1. The van der Waals surface area contributed by atoms with Crippen molar-refractivity contribution < 1.29 is 14.4 Å². The first kappa shape index (κ1) is 14.2. The van der Waals surface area contributed by atoms with Crippen LogP contribution in [0.15, 0.2) is 0 Å². The molecule has 3 N–H and O–H groups in total. The number of morpholine rings is 1. The Balaban J connectivity index is 2.06. The monoisotopic (exact) mass is 286 g/mol. The zero-order valence-electron chi connectivity index (χ0n) is 11.1. The molecule has 0 spiro atoms. The molecule has 0 atom stereocenters. The van der Waals surface area contributed by atoms with Gasteiger partial charge in [0.1, 0.15) is 18.9 Å². The van der Waals surface area contributed by atoms with E-state index in [2.05, 4.69) is 5.10 Å². The number of carbonyl (C=O) groups excluding carboxylic acids is 1. The van der Waals surface area contributed by atoms with Gasteiger partial charge in [-0.15, -0.1) is 0 Å². The van der Waals surface area contributed by atoms with Crippen LogP contribution in [0.25, 0.3) is 0 Å². The summed E-state index contributed by atoms with van der Waals surface area (Å²) in [6, 6.07) is 0. The molecular formula is C11H20N5O2S+. The maximum Gasteiger partial charge on any atom is 0.217 e. The summed E-state index contributed by atoms with van der Waals surface area (Å²) in [6.07, 6.45) is 0.824. The Bertz CT molecular complexity index is 504. The number of nitrogens with zero attached hydrogens (tertiary/aromatic N) is 3. The van der Waals surface area contributed by atoms with E-state index >= 15 is 0 Å². The topological polar surface area (TPSA) is 79.5 Å². The zero-order valence-corrected chi connectivity index (χ0v) is 11.9. The fourth-order valence-electron chi connectivity index (χ4n) is 2.12. The predicted octanol–water partition coefficient (Wildman–Crippen LogP) is -1.76. The van der Waals surface area contributed by atoms with E-state index in [0.717, 1.165) is 38.8 Å². The van der Waals surface area contributed by atoms with Crippen LogP contribution >= 0.6 is 12.2 Å².